The van der Waals surface area contributed by atoms with Gasteiger partial charge in [0.25, 0.3) is 0 Å². The van der Waals surface area contributed by atoms with Gasteiger partial charge in [0, 0.05) is 38.1 Å². The summed E-state index contributed by atoms with van der Waals surface area (Å²) in [4.78, 5) is 24.5. The molecule has 2 heterocycles. The number of aromatic nitrogens is 1. The number of hydrogen-bond acceptors (Lipinski definition) is 6. The van der Waals surface area contributed by atoms with Crippen molar-refractivity contribution in [3.05, 3.63) is 30.1 Å². The Bertz CT molecular complexity index is 723. The highest BCUT2D eigenvalue weighted by Gasteiger charge is 2.43. The predicted molar refractivity (Wildman–Crippen MR) is 100 cm³/mol. The van der Waals surface area contributed by atoms with E-state index in [2.05, 4.69) is 22.9 Å². The smallest absolute Gasteiger partial charge is 0.475 e. The number of alkyl halides is 6. The largest absolute Gasteiger partial charge is 0.490 e. The summed E-state index contributed by atoms with van der Waals surface area (Å²) in [5.41, 5.74) is 1.28. The fourth-order valence-corrected chi connectivity index (χ4v) is 3.31. The molecule has 14 heteroatoms. The number of carboxylic acids is 2. The molecule has 8 nitrogen and oxygen atoms in total. The van der Waals surface area contributed by atoms with E-state index >= 15 is 0 Å². The summed E-state index contributed by atoms with van der Waals surface area (Å²) in [7, 11) is 0. The van der Waals surface area contributed by atoms with Gasteiger partial charge in [0.2, 0.25) is 0 Å². The van der Waals surface area contributed by atoms with Crippen molar-refractivity contribution < 1.29 is 55.6 Å². The van der Waals surface area contributed by atoms with Crippen molar-refractivity contribution in [3.8, 4) is 0 Å². The third kappa shape index (κ3) is 9.92. The molecule has 0 radical (unpaired) electrons. The molecule has 0 amide bonds. The average molecular weight is 490 g/mol. The summed E-state index contributed by atoms with van der Waals surface area (Å²) < 4.78 is 75.2. The molecule has 3 rings (SSSR count). The lowest BCUT2D eigenvalue weighted by molar-refractivity contribution is -0.193. The van der Waals surface area contributed by atoms with Crippen LogP contribution in [0.2, 0.25) is 0 Å². The van der Waals surface area contributed by atoms with Crippen LogP contribution in [0.3, 0.4) is 0 Å². The molecule has 2 N–H and O–H groups in total. The monoisotopic (exact) mass is 490 g/mol. The molecule has 0 unspecified atom stereocenters. The number of pyridine rings is 1. The second-order valence-electron chi connectivity index (χ2n) is 6.91. The molecule has 0 aromatic carbocycles. The van der Waals surface area contributed by atoms with Gasteiger partial charge in [0.15, 0.2) is 0 Å². The number of fused-ring (bicyclic) bond motifs is 1. The zero-order chi connectivity index (χ0) is 25.2. The van der Waals surface area contributed by atoms with E-state index in [1.807, 2.05) is 18.5 Å². The zero-order valence-electron chi connectivity index (χ0n) is 17.5. The van der Waals surface area contributed by atoms with Crippen LogP contribution in [0.5, 0.6) is 0 Å². The van der Waals surface area contributed by atoms with Gasteiger partial charge in [-0.1, -0.05) is 6.07 Å². The number of morpholine rings is 1. The molecule has 188 valence electrons. The Labute approximate surface area is 185 Å². The van der Waals surface area contributed by atoms with Crippen LogP contribution < -0.4 is 0 Å². The van der Waals surface area contributed by atoms with E-state index in [0.717, 1.165) is 32.7 Å². The summed E-state index contributed by atoms with van der Waals surface area (Å²) in [6.07, 6.45) is -3.55. The maximum atomic E-state index is 10.6. The molecule has 2 fully saturated rings. The Morgan fingerprint density at radius 2 is 1.73 bits per heavy atom. The summed E-state index contributed by atoms with van der Waals surface area (Å²) in [6.45, 7) is 5.63. The molecule has 0 spiro atoms. The maximum absolute atomic E-state index is 10.6. The number of ether oxygens (including phenoxy) is 2. The second kappa shape index (κ2) is 12.7. The lowest BCUT2D eigenvalue weighted by Gasteiger charge is -2.39. The third-order valence-electron chi connectivity index (χ3n) is 4.62. The van der Waals surface area contributed by atoms with Crippen LogP contribution >= 0.6 is 0 Å². The van der Waals surface area contributed by atoms with E-state index in [-0.39, 0.29) is 12.2 Å². The Morgan fingerprint density at radius 3 is 2.18 bits per heavy atom. The summed E-state index contributed by atoms with van der Waals surface area (Å²) in [6, 6.07) is 4.66. The number of hydrogen-bond donors (Lipinski definition) is 2. The van der Waals surface area contributed by atoms with E-state index in [9.17, 15) is 26.3 Å². The van der Waals surface area contributed by atoms with Crippen molar-refractivity contribution in [2.45, 2.75) is 56.9 Å². The van der Waals surface area contributed by atoms with Crippen LogP contribution in [0, 0.1) is 0 Å². The molecular formula is C19H24F6N2O6. The van der Waals surface area contributed by atoms with Crippen molar-refractivity contribution in [1.29, 1.82) is 0 Å². The number of aliphatic carboxylic acids is 2. The van der Waals surface area contributed by atoms with Crippen LogP contribution in [0.15, 0.2) is 24.5 Å². The highest BCUT2D eigenvalue weighted by Crippen LogP contribution is 2.32. The Morgan fingerprint density at radius 1 is 1.15 bits per heavy atom. The van der Waals surface area contributed by atoms with Gasteiger partial charge >= 0.3 is 24.3 Å². The minimum absolute atomic E-state index is 0.255. The number of nitrogens with zero attached hydrogens (tertiary/aromatic N) is 2. The van der Waals surface area contributed by atoms with Gasteiger partial charge < -0.3 is 19.7 Å². The van der Waals surface area contributed by atoms with E-state index in [1.165, 1.54) is 12.0 Å². The van der Waals surface area contributed by atoms with Gasteiger partial charge in [-0.15, -0.1) is 0 Å². The van der Waals surface area contributed by atoms with Crippen molar-refractivity contribution >= 4 is 11.9 Å². The summed E-state index contributed by atoms with van der Waals surface area (Å²) >= 11 is 0. The average Bonchev–Trinajstić information content (AvgIpc) is 3.13. The number of rotatable bonds is 4. The van der Waals surface area contributed by atoms with Crippen molar-refractivity contribution in [1.82, 2.24) is 9.88 Å². The quantitative estimate of drug-likeness (QED) is 0.620. The highest BCUT2D eigenvalue weighted by molar-refractivity contribution is 5.73. The summed E-state index contributed by atoms with van der Waals surface area (Å²) in [5.74, 6) is -5.51. The highest BCUT2D eigenvalue weighted by atomic mass is 19.4. The molecule has 1 saturated carbocycles. The molecule has 1 aromatic heterocycles. The minimum Gasteiger partial charge on any atom is -0.475 e. The topological polar surface area (TPSA) is 109 Å². The van der Waals surface area contributed by atoms with Crippen LogP contribution in [0.25, 0.3) is 0 Å². The number of carbonyl (C=O) groups is 2. The first-order valence-electron chi connectivity index (χ1n) is 9.73. The number of halogens is 6. The van der Waals surface area contributed by atoms with Gasteiger partial charge in [-0.3, -0.25) is 9.88 Å². The van der Waals surface area contributed by atoms with E-state index in [1.54, 1.807) is 0 Å². The van der Waals surface area contributed by atoms with E-state index < -0.39 is 24.3 Å². The van der Waals surface area contributed by atoms with Gasteiger partial charge in [0.1, 0.15) is 0 Å². The van der Waals surface area contributed by atoms with Gasteiger partial charge in [-0.05, 0) is 31.4 Å². The van der Waals surface area contributed by atoms with Crippen molar-refractivity contribution in [2.75, 3.05) is 19.8 Å². The van der Waals surface area contributed by atoms with Crippen LogP contribution in [0.4, 0.5) is 26.3 Å². The van der Waals surface area contributed by atoms with Crippen LogP contribution in [-0.4, -0.2) is 82.4 Å². The molecule has 0 bridgehead atoms. The fourth-order valence-electron chi connectivity index (χ4n) is 3.31. The Balaban J connectivity index is 0.000000324. The van der Waals surface area contributed by atoms with Crippen LogP contribution in [-0.2, 0) is 25.6 Å². The Kier molecular flexibility index (Phi) is 11.0. The van der Waals surface area contributed by atoms with E-state index in [4.69, 9.17) is 29.3 Å². The summed E-state index contributed by atoms with van der Waals surface area (Å²) in [5, 5.41) is 14.2. The first-order chi connectivity index (χ1) is 15.3. The maximum Gasteiger partial charge on any atom is 0.490 e. The lowest BCUT2D eigenvalue weighted by atomic mass is 10.1. The van der Waals surface area contributed by atoms with Crippen molar-refractivity contribution in [3.63, 3.8) is 0 Å². The zero-order valence-corrected chi connectivity index (χ0v) is 17.5. The molecule has 3 atom stereocenters. The molecular weight excluding hydrogens is 466 g/mol. The molecule has 33 heavy (non-hydrogen) atoms. The first-order valence-corrected chi connectivity index (χ1v) is 9.73. The first kappa shape index (κ1) is 28.6. The molecule has 1 aliphatic heterocycles. The molecule has 1 aliphatic carbocycles. The fraction of sp³-hybridized carbons (Fsp3) is 0.632. The molecule has 1 aromatic rings. The SMILES string of the molecule is CCO[C@@H]1CC[C@H]2[C@H]1OCCN2Cc1cccnc1.O=C(O)C(F)(F)F.O=C(O)C(F)(F)F. The minimum atomic E-state index is -5.08. The lowest BCUT2D eigenvalue weighted by Crippen LogP contribution is -2.51. The third-order valence-corrected chi connectivity index (χ3v) is 4.62. The molecule has 2 aliphatic rings. The van der Waals surface area contributed by atoms with Crippen LogP contribution in [0.1, 0.15) is 25.3 Å². The van der Waals surface area contributed by atoms with Gasteiger partial charge in [-0.25, -0.2) is 9.59 Å². The standard InChI is InChI=1S/C15H22N2O2.2C2HF3O2/c1-2-18-14-6-5-13-15(14)19-9-8-17(13)11-12-4-3-7-16-10-12;2*3-2(4,5)1(6)7/h3-4,7,10,13-15H,2,5-6,8-9,11H2,1H3;2*(H,6,7)/t13-,14+,15+;;/m0../s1. The number of carboxylic acid groups (broad SMARTS) is 2. The second-order valence-corrected chi connectivity index (χ2v) is 6.91. The normalized spacial score (nSPS) is 22.8. The Hall–Kier alpha value is -2.45. The van der Waals surface area contributed by atoms with E-state index in [0.29, 0.717) is 6.04 Å². The molecule has 1 saturated heterocycles. The van der Waals surface area contributed by atoms with Gasteiger partial charge in [0.05, 0.1) is 18.8 Å². The van der Waals surface area contributed by atoms with Gasteiger partial charge in [-0.2, -0.15) is 26.3 Å². The predicted octanol–water partition coefficient (Wildman–Crippen LogP) is 3.12. The van der Waals surface area contributed by atoms with Crippen molar-refractivity contribution in [2.24, 2.45) is 0 Å².